The number of carbonyl (C=O) groups is 1. The van der Waals surface area contributed by atoms with Crippen LogP contribution in [0, 0.1) is 5.41 Å². The van der Waals surface area contributed by atoms with Gasteiger partial charge in [0, 0.05) is 30.1 Å². The van der Waals surface area contributed by atoms with Crippen molar-refractivity contribution in [2.45, 2.75) is 79.0 Å². The molecule has 1 fully saturated rings. The third-order valence-electron chi connectivity index (χ3n) is 5.11. The highest BCUT2D eigenvalue weighted by atomic mass is 79.9. The summed E-state index contributed by atoms with van der Waals surface area (Å²) < 4.78 is 6.71. The molecule has 4 nitrogen and oxygen atoms in total. The second-order valence-electron chi connectivity index (χ2n) is 10.1. The molecule has 0 atom stereocenters. The highest BCUT2D eigenvalue weighted by Gasteiger charge is 2.30. The van der Waals surface area contributed by atoms with Gasteiger partial charge in [-0.05, 0) is 63.6 Å². The fourth-order valence-corrected chi connectivity index (χ4v) is 3.87. The number of nitrogens with zero attached hydrogens (tertiary/aromatic N) is 2. The zero-order valence-electron chi connectivity index (χ0n) is 18.4. The van der Waals surface area contributed by atoms with E-state index >= 15 is 0 Å². The third kappa shape index (κ3) is 7.75. The first-order valence-electron chi connectivity index (χ1n) is 10.4. The number of ether oxygens (including phenoxy) is 1. The van der Waals surface area contributed by atoms with Gasteiger partial charge in [0.2, 0.25) is 0 Å². The van der Waals surface area contributed by atoms with E-state index in [1.54, 1.807) is 0 Å². The van der Waals surface area contributed by atoms with Crippen molar-refractivity contribution in [3.05, 3.63) is 34.3 Å². The second-order valence-corrected chi connectivity index (χ2v) is 10.9. The Morgan fingerprint density at radius 3 is 2.29 bits per heavy atom. The number of amides is 1. The van der Waals surface area contributed by atoms with Crippen molar-refractivity contribution in [1.29, 1.82) is 0 Å². The molecule has 0 aromatic heterocycles. The molecule has 1 amide bonds. The number of halogens is 1. The first-order valence-corrected chi connectivity index (χ1v) is 11.2. The van der Waals surface area contributed by atoms with Crippen LogP contribution in [0.2, 0.25) is 0 Å². The average Bonchev–Trinajstić information content (AvgIpc) is 2.58. The summed E-state index contributed by atoms with van der Waals surface area (Å²) in [5.74, 6) is 0. The molecule has 0 spiro atoms. The normalized spacial score (nSPS) is 16.5. The van der Waals surface area contributed by atoms with Crippen LogP contribution in [0.25, 0.3) is 0 Å². The van der Waals surface area contributed by atoms with Crippen LogP contribution in [0.15, 0.2) is 28.7 Å². The molecule has 1 saturated heterocycles. The Morgan fingerprint density at radius 1 is 1.14 bits per heavy atom. The number of benzene rings is 1. The lowest BCUT2D eigenvalue weighted by Crippen LogP contribution is -2.48. The molecule has 0 N–H and O–H groups in total. The summed E-state index contributed by atoms with van der Waals surface area (Å²) in [7, 11) is 0. The van der Waals surface area contributed by atoms with Crippen LogP contribution >= 0.6 is 15.9 Å². The van der Waals surface area contributed by atoms with E-state index in [2.05, 4.69) is 65.9 Å². The number of likely N-dealkylation sites (tertiary alicyclic amines) is 1. The van der Waals surface area contributed by atoms with Crippen molar-refractivity contribution in [2.75, 3.05) is 19.6 Å². The van der Waals surface area contributed by atoms with E-state index in [0.29, 0.717) is 11.5 Å². The maximum absolute atomic E-state index is 12.4. The number of rotatable bonds is 5. The van der Waals surface area contributed by atoms with Crippen molar-refractivity contribution in [1.82, 2.24) is 9.80 Å². The predicted molar refractivity (Wildman–Crippen MR) is 119 cm³/mol. The van der Waals surface area contributed by atoms with Gasteiger partial charge in [0.15, 0.2) is 0 Å². The van der Waals surface area contributed by atoms with Crippen molar-refractivity contribution in [3.63, 3.8) is 0 Å². The van der Waals surface area contributed by atoms with Gasteiger partial charge < -0.3 is 9.64 Å². The lowest BCUT2D eigenvalue weighted by Gasteiger charge is -2.40. The molecule has 1 aromatic rings. The summed E-state index contributed by atoms with van der Waals surface area (Å²) in [5, 5.41) is 0. The van der Waals surface area contributed by atoms with Crippen LogP contribution < -0.4 is 0 Å². The van der Waals surface area contributed by atoms with E-state index < -0.39 is 5.60 Å². The maximum Gasteiger partial charge on any atom is 0.410 e. The molecular formula is C23H37BrN2O2. The Morgan fingerprint density at radius 2 is 1.75 bits per heavy atom. The van der Waals surface area contributed by atoms with E-state index in [1.807, 2.05) is 25.7 Å². The quantitative estimate of drug-likeness (QED) is 0.541. The minimum atomic E-state index is -0.438. The van der Waals surface area contributed by atoms with Crippen LogP contribution in [-0.2, 0) is 11.3 Å². The second kappa shape index (κ2) is 9.62. The summed E-state index contributed by atoms with van der Waals surface area (Å²) in [6.45, 7) is 16.2. The van der Waals surface area contributed by atoms with Gasteiger partial charge in [0.05, 0.1) is 0 Å². The highest BCUT2D eigenvalue weighted by molar-refractivity contribution is 9.10. The van der Waals surface area contributed by atoms with Crippen molar-refractivity contribution in [2.24, 2.45) is 5.41 Å². The number of hydrogen-bond donors (Lipinski definition) is 0. The van der Waals surface area contributed by atoms with Gasteiger partial charge in [-0.2, -0.15) is 0 Å². The smallest absolute Gasteiger partial charge is 0.410 e. The van der Waals surface area contributed by atoms with Gasteiger partial charge in [-0.15, -0.1) is 0 Å². The Bertz CT molecular complexity index is 641. The Hall–Kier alpha value is -1.07. The highest BCUT2D eigenvalue weighted by Crippen LogP contribution is 2.26. The fourth-order valence-electron chi connectivity index (χ4n) is 3.46. The lowest BCUT2D eigenvalue weighted by molar-refractivity contribution is 0.0131. The molecule has 1 aliphatic rings. The van der Waals surface area contributed by atoms with Gasteiger partial charge in [0.25, 0.3) is 0 Å². The van der Waals surface area contributed by atoms with Crippen LogP contribution in [0.1, 0.15) is 66.4 Å². The van der Waals surface area contributed by atoms with Crippen LogP contribution in [-0.4, -0.2) is 47.2 Å². The molecule has 28 heavy (non-hydrogen) atoms. The first kappa shape index (κ1) is 23.2. The standard InChI is InChI=1S/C23H37BrN2O2/c1-22(2,3)13-16-26(17-18-9-7-8-10-20(18)24)19-11-14-25(15-12-19)21(27)28-23(4,5)6/h7-10,19H,11-17H2,1-6H3. The summed E-state index contributed by atoms with van der Waals surface area (Å²) in [6.07, 6.45) is 2.96. The Labute approximate surface area is 179 Å². The zero-order valence-corrected chi connectivity index (χ0v) is 20.0. The maximum atomic E-state index is 12.4. The summed E-state index contributed by atoms with van der Waals surface area (Å²) >= 11 is 3.70. The summed E-state index contributed by atoms with van der Waals surface area (Å²) in [6, 6.07) is 8.97. The van der Waals surface area contributed by atoms with Gasteiger partial charge in [-0.1, -0.05) is 54.9 Å². The molecule has 5 heteroatoms. The van der Waals surface area contributed by atoms with E-state index in [1.165, 1.54) is 10.0 Å². The summed E-state index contributed by atoms with van der Waals surface area (Å²) in [5.41, 5.74) is 1.20. The van der Waals surface area contributed by atoms with Crippen molar-refractivity contribution in [3.8, 4) is 0 Å². The fraction of sp³-hybridized carbons (Fsp3) is 0.696. The van der Waals surface area contributed by atoms with Crippen LogP contribution in [0.5, 0.6) is 0 Å². The van der Waals surface area contributed by atoms with E-state index in [4.69, 9.17) is 4.74 Å². The molecule has 1 aromatic carbocycles. The minimum absolute atomic E-state index is 0.182. The molecule has 1 aliphatic heterocycles. The first-order chi connectivity index (χ1) is 12.9. The minimum Gasteiger partial charge on any atom is -0.444 e. The SMILES string of the molecule is CC(C)(C)CCN(Cc1ccccc1Br)C1CCN(C(=O)OC(C)(C)C)CC1. The third-order valence-corrected chi connectivity index (χ3v) is 5.89. The molecule has 2 rings (SSSR count). The molecule has 1 heterocycles. The molecule has 0 aliphatic carbocycles. The van der Waals surface area contributed by atoms with Gasteiger partial charge in [-0.25, -0.2) is 4.79 Å². The van der Waals surface area contributed by atoms with Crippen molar-refractivity contribution >= 4 is 22.0 Å². The number of hydrogen-bond acceptors (Lipinski definition) is 3. The van der Waals surface area contributed by atoms with E-state index in [0.717, 1.165) is 45.4 Å². The number of carbonyl (C=O) groups excluding carboxylic acids is 1. The lowest BCUT2D eigenvalue weighted by atomic mass is 9.91. The molecular weight excluding hydrogens is 416 g/mol. The molecule has 158 valence electrons. The van der Waals surface area contributed by atoms with Gasteiger partial charge >= 0.3 is 6.09 Å². The monoisotopic (exact) mass is 452 g/mol. The molecule has 0 bridgehead atoms. The average molecular weight is 453 g/mol. The molecule has 0 unspecified atom stereocenters. The Kier molecular flexibility index (Phi) is 7.97. The topological polar surface area (TPSA) is 32.8 Å². The van der Waals surface area contributed by atoms with E-state index in [9.17, 15) is 4.79 Å². The van der Waals surface area contributed by atoms with E-state index in [-0.39, 0.29) is 6.09 Å². The Balaban J connectivity index is 2.01. The van der Waals surface area contributed by atoms with Gasteiger partial charge in [-0.3, -0.25) is 4.90 Å². The zero-order chi connectivity index (χ0) is 20.9. The predicted octanol–water partition coefficient (Wildman–Crippen LogP) is 6.09. The largest absolute Gasteiger partial charge is 0.444 e. The van der Waals surface area contributed by atoms with Gasteiger partial charge in [0.1, 0.15) is 5.60 Å². The number of piperidine rings is 1. The van der Waals surface area contributed by atoms with Crippen LogP contribution in [0.3, 0.4) is 0 Å². The van der Waals surface area contributed by atoms with Crippen LogP contribution in [0.4, 0.5) is 4.79 Å². The molecule has 0 radical (unpaired) electrons. The van der Waals surface area contributed by atoms with Crippen molar-refractivity contribution < 1.29 is 9.53 Å². The summed E-state index contributed by atoms with van der Waals surface area (Å²) in [4.78, 5) is 16.8. The molecule has 0 saturated carbocycles.